The summed E-state index contributed by atoms with van der Waals surface area (Å²) in [6.45, 7) is 4.55. The molecule has 0 amide bonds. The molecule has 0 aromatic heterocycles. The SMILES string of the molecule is CC/C=C/C/C=C/C/C=C/CCCCCCCCC(=O)OC(COCCC(C(=O)[O-])[N+](C)(C)C)COC(=O)CCCCCCCCC/C=C/CCCCCCCCCCCCC. The number of carboxylic acids is 1. The number of esters is 2. The van der Waals surface area contributed by atoms with Crippen LogP contribution in [0.1, 0.15) is 226 Å². The van der Waals surface area contributed by atoms with E-state index in [4.69, 9.17) is 14.2 Å². The second kappa shape index (κ2) is 44.9. The smallest absolute Gasteiger partial charge is 0.306 e. The normalized spacial score (nSPS) is 13.2. The summed E-state index contributed by atoms with van der Waals surface area (Å²) in [6, 6.07) is -0.730. The Bertz CT molecular complexity index is 1150. The number of carboxylic acid groups (broad SMARTS) is 1. The lowest BCUT2D eigenvalue weighted by molar-refractivity contribution is -0.889. The van der Waals surface area contributed by atoms with Crippen LogP contribution in [0.4, 0.5) is 0 Å². The highest BCUT2D eigenvalue weighted by atomic mass is 16.6. The number of carbonyl (C=O) groups is 3. The summed E-state index contributed by atoms with van der Waals surface area (Å²) < 4.78 is 17.2. The van der Waals surface area contributed by atoms with Gasteiger partial charge in [-0.2, -0.15) is 0 Å². The molecule has 0 aliphatic heterocycles. The van der Waals surface area contributed by atoms with Crippen molar-refractivity contribution in [1.29, 1.82) is 0 Å². The van der Waals surface area contributed by atoms with E-state index in [9.17, 15) is 19.5 Å². The van der Waals surface area contributed by atoms with Crippen LogP contribution in [0, 0.1) is 0 Å². The largest absolute Gasteiger partial charge is 0.544 e. The molecule has 2 unspecified atom stereocenters. The molecule has 0 aliphatic rings. The van der Waals surface area contributed by atoms with Crippen LogP contribution in [-0.4, -0.2) is 75.5 Å². The zero-order valence-electron chi connectivity index (χ0n) is 41.0. The van der Waals surface area contributed by atoms with Crippen LogP contribution in [0.5, 0.6) is 0 Å². The van der Waals surface area contributed by atoms with Crippen molar-refractivity contribution in [3.63, 3.8) is 0 Å². The highest BCUT2D eigenvalue weighted by Crippen LogP contribution is 2.15. The molecular formula is C54H97NO7. The Hall–Kier alpha value is -2.71. The minimum atomic E-state index is -1.13. The van der Waals surface area contributed by atoms with Gasteiger partial charge >= 0.3 is 11.9 Å². The van der Waals surface area contributed by atoms with Crippen LogP contribution in [0.2, 0.25) is 0 Å². The van der Waals surface area contributed by atoms with Gasteiger partial charge in [0.1, 0.15) is 12.6 Å². The van der Waals surface area contributed by atoms with Crippen molar-refractivity contribution >= 4 is 17.9 Å². The average molecular weight is 872 g/mol. The first-order valence-corrected chi connectivity index (χ1v) is 25.7. The highest BCUT2D eigenvalue weighted by Gasteiger charge is 2.25. The molecule has 360 valence electrons. The first kappa shape index (κ1) is 59.3. The number of unbranched alkanes of at least 4 members (excludes halogenated alkanes) is 24. The molecule has 0 saturated heterocycles. The molecule has 0 spiro atoms. The number of carbonyl (C=O) groups excluding carboxylic acids is 3. The minimum Gasteiger partial charge on any atom is -0.544 e. The average Bonchev–Trinajstić information content (AvgIpc) is 3.23. The fraction of sp³-hybridized carbons (Fsp3) is 0.796. The summed E-state index contributed by atoms with van der Waals surface area (Å²) in [5.41, 5.74) is 0. The van der Waals surface area contributed by atoms with Crippen LogP contribution in [0.15, 0.2) is 48.6 Å². The van der Waals surface area contributed by atoms with Crippen LogP contribution in [-0.2, 0) is 28.6 Å². The van der Waals surface area contributed by atoms with Crippen LogP contribution < -0.4 is 5.11 Å². The molecule has 0 fully saturated rings. The first-order valence-electron chi connectivity index (χ1n) is 25.7. The Kier molecular flexibility index (Phi) is 42.9. The molecule has 0 aromatic carbocycles. The van der Waals surface area contributed by atoms with Crippen molar-refractivity contribution in [3.8, 4) is 0 Å². The lowest BCUT2D eigenvalue weighted by Gasteiger charge is -2.34. The number of rotatable bonds is 46. The second-order valence-electron chi connectivity index (χ2n) is 18.4. The van der Waals surface area contributed by atoms with Gasteiger partial charge < -0.3 is 28.6 Å². The molecule has 0 saturated carbocycles. The Labute approximate surface area is 382 Å². The minimum absolute atomic E-state index is 0.0339. The maximum atomic E-state index is 12.8. The zero-order valence-corrected chi connectivity index (χ0v) is 41.0. The number of hydrogen-bond acceptors (Lipinski definition) is 7. The number of allylic oxidation sites excluding steroid dienone is 8. The maximum absolute atomic E-state index is 12.8. The van der Waals surface area contributed by atoms with E-state index in [1.165, 1.54) is 122 Å². The number of likely N-dealkylation sites (N-methyl/N-ethyl adjacent to an activating group) is 1. The lowest BCUT2D eigenvalue weighted by atomic mass is 10.0. The summed E-state index contributed by atoms with van der Waals surface area (Å²) in [4.78, 5) is 37.0. The Morgan fingerprint density at radius 1 is 0.500 bits per heavy atom. The van der Waals surface area contributed by atoms with Gasteiger partial charge in [0.15, 0.2) is 6.10 Å². The van der Waals surface area contributed by atoms with Gasteiger partial charge in [-0.05, 0) is 70.6 Å². The van der Waals surface area contributed by atoms with Gasteiger partial charge in [0.05, 0.1) is 40.3 Å². The van der Waals surface area contributed by atoms with Crippen molar-refractivity contribution < 1.29 is 38.2 Å². The van der Waals surface area contributed by atoms with Gasteiger partial charge in [0, 0.05) is 19.3 Å². The van der Waals surface area contributed by atoms with E-state index < -0.39 is 18.1 Å². The Balaban J connectivity index is 4.23. The fourth-order valence-electron chi connectivity index (χ4n) is 7.49. The molecule has 8 nitrogen and oxygen atoms in total. The molecule has 0 aliphatic carbocycles. The van der Waals surface area contributed by atoms with E-state index in [2.05, 4.69) is 62.5 Å². The molecule has 0 N–H and O–H groups in total. The van der Waals surface area contributed by atoms with Gasteiger partial charge in [-0.15, -0.1) is 0 Å². The summed E-state index contributed by atoms with van der Waals surface area (Å²) in [5.74, 6) is -1.75. The third kappa shape index (κ3) is 42.6. The third-order valence-corrected chi connectivity index (χ3v) is 11.4. The monoisotopic (exact) mass is 872 g/mol. The first-order chi connectivity index (χ1) is 30.1. The third-order valence-electron chi connectivity index (χ3n) is 11.4. The maximum Gasteiger partial charge on any atom is 0.306 e. The summed E-state index contributed by atoms with van der Waals surface area (Å²) >= 11 is 0. The standard InChI is InChI=1S/C54H97NO7/c1-6-8-10-12-14-16-18-20-22-24-25-26-27-28-29-31-32-34-36-38-40-42-44-52(56)61-49-50(48-60-47-46-51(54(58)59)55(3,4)5)62-53(57)45-43-41-39-37-35-33-30-23-21-19-17-15-13-11-9-7-2/h9,11,15,17,21,23,27-28,50-51H,6-8,10,12-14,16,18-20,22,24-26,29-49H2,1-5H3/b11-9+,17-15+,23-21+,28-27+. The van der Waals surface area contributed by atoms with E-state index in [1.807, 2.05) is 0 Å². The molecule has 0 radical (unpaired) electrons. The number of aliphatic carboxylic acids is 1. The molecule has 2 atom stereocenters. The topological polar surface area (TPSA) is 102 Å². The van der Waals surface area contributed by atoms with Crippen molar-refractivity contribution in [3.05, 3.63) is 48.6 Å². The molecular weight excluding hydrogens is 775 g/mol. The second-order valence-corrected chi connectivity index (χ2v) is 18.4. The van der Waals surface area contributed by atoms with Gasteiger partial charge in [0.25, 0.3) is 0 Å². The van der Waals surface area contributed by atoms with Gasteiger partial charge in [-0.3, -0.25) is 9.59 Å². The molecule has 0 rings (SSSR count). The van der Waals surface area contributed by atoms with Crippen LogP contribution in [0.3, 0.4) is 0 Å². The molecule has 0 bridgehead atoms. The van der Waals surface area contributed by atoms with E-state index in [1.54, 1.807) is 21.1 Å². The number of ether oxygens (including phenoxy) is 3. The Morgan fingerprint density at radius 3 is 1.35 bits per heavy atom. The van der Waals surface area contributed by atoms with Crippen molar-refractivity contribution in [1.82, 2.24) is 0 Å². The predicted molar refractivity (Wildman–Crippen MR) is 259 cm³/mol. The molecule has 0 heterocycles. The zero-order chi connectivity index (χ0) is 45.6. The highest BCUT2D eigenvalue weighted by molar-refractivity contribution is 5.70. The van der Waals surface area contributed by atoms with Gasteiger partial charge in [0.2, 0.25) is 0 Å². The Morgan fingerprint density at radius 2 is 0.903 bits per heavy atom. The number of quaternary nitrogens is 1. The predicted octanol–water partition coefficient (Wildman–Crippen LogP) is 13.4. The number of nitrogens with zero attached hydrogens (tertiary/aromatic N) is 1. The van der Waals surface area contributed by atoms with Crippen LogP contribution >= 0.6 is 0 Å². The lowest BCUT2D eigenvalue weighted by Crippen LogP contribution is -2.55. The molecule has 62 heavy (non-hydrogen) atoms. The molecule has 0 aromatic rings. The van der Waals surface area contributed by atoms with E-state index in [-0.39, 0.29) is 42.7 Å². The summed E-state index contributed by atoms with van der Waals surface area (Å²) in [7, 11) is 5.41. The van der Waals surface area contributed by atoms with Crippen molar-refractivity contribution in [2.45, 2.75) is 238 Å². The van der Waals surface area contributed by atoms with Crippen LogP contribution in [0.25, 0.3) is 0 Å². The van der Waals surface area contributed by atoms with Gasteiger partial charge in [-0.1, -0.05) is 184 Å². The fourth-order valence-corrected chi connectivity index (χ4v) is 7.49. The van der Waals surface area contributed by atoms with Gasteiger partial charge in [-0.25, -0.2) is 0 Å². The van der Waals surface area contributed by atoms with E-state index in [0.29, 0.717) is 12.8 Å². The van der Waals surface area contributed by atoms with Crippen molar-refractivity contribution in [2.75, 3.05) is 41.0 Å². The van der Waals surface area contributed by atoms with E-state index in [0.717, 1.165) is 70.6 Å². The van der Waals surface area contributed by atoms with Crippen molar-refractivity contribution in [2.24, 2.45) is 0 Å². The molecule has 8 heteroatoms. The summed E-state index contributed by atoms with van der Waals surface area (Å²) in [6.07, 6.45) is 54.3. The number of hydrogen-bond donors (Lipinski definition) is 0. The van der Waals surface area contributed by atoms with E-state index >= 15 is 0 Å². The quantitative estimate of drug-likeness (QED) is 0.0260. The summed E-state index contributed by atoms with van der Waals surface area (Å²) in [5, 5.41) is 11.7.